The molecule has 2 aromatic rings. The maximum Gasteiger partial charge on any atom is 0.119 e. The molecule has 4 fully saturated rings. The van der Waals surface area contributed by atoms with Gasteiger partial charge in [0, 0.05) is 11.6 Å². The van der Waals surface area contributed by atoms with Gasteiger partial charge in [-0.2, -0.15) is 5.26 Å². The van der Waals surface area contributed by atoms with Gasteiger partial charge in [0.25, 0.3) is 0 Å². The van der Waals surface area contributed by atoms with Crippen LogP contribution in [0.4, 0.5) is 0 Å². The number of hydrogen-bond donors (Lipinski definition) is 1. The van der Waals surface area contributed by atoms with Crippen molar-refractivity contribution in [2.75, 3.05) is 0 Å². The summed E-state index contributed by atoms with van der Waals surface area (Å²) < 4.78 is 0. The number of allylic oxidation sites excluding steroid dienone is 1. The second kappa shape index (κ2) is 6.27. The standard InChI is InChI=1S/C25H25NO/c26-9-1-2-17-3-5-21(6-4-17)22-7-8-24(27)23(13-22)25-14-18-10-19(15-25)12-20(11-18)16-25/h1-8,13,18-20,27H,10-12,14-16H2/b2-1+. The van der Waals surface area contributed by atoms with Crippen LogP contribution in [-0.4, -0.2) is 5.11 Å². The number of hydrogen-bond acceptors (Lipinski definition) is 2. The maximum absolute atomic E-state index is 10.7. The van der Waals surface area contributed by atoms with Gasteiger partial charge in [-0.25, -0.2) is 0 Å². The number of nitriles is 1. The summed E-state index contributed by atoms with van der Waals surface area (Å²) in [5.74, 6) is 3.08. The van der Waals surface area contributed by atoms with Crippen LogP contribution in [0.25, 0.3) is 17.2 Å². The smallest absolute Gasteiger partial charge is 0.119 e. The molecule has 0 saturated heterocycles. The summed E-state index contributed by atoms with van der Waals surface area (Å²) in [4.78, 5) is 0. The van der Waals surface area contributed by atoms with E-state index in [0.717, 1.165) is 28.9 Å². The first-order valence-corrected chi connectivity index (χ1v) is 10.2. The van der Waals surface area contributed by atoms with Crippen LogP contribution in [0, 0.1) is 29.1 Å². The van der Waals surface area contributed by atoms with E-state index in [0.29, 0.717) is 5.75 Å². The molecule has 0 unspecified atom stereocenters. The van der Waals surface area contributed by atoms with Crippen LogP contribution in [0.2, 0.25) is 0 Å². The second-order valence-corrected chi connectivity index (χ2v) is 9.01. The first-order chi connectivity index (χ1) is 13.1. The zero-order valence-corrected chi connectivity index (χ0v) is 15.6. The van der Waals surface area contributed by atoms with Crippen molar-refractivity contribution in [1.82, 2.24) is 0 Å². The third-order valence-electron chi connectivity index (χ3n) is 7.20. The summed E-state index contributed by atoms with van der Waals surface area (Å²) in [5.41, 5.74) is 4.75. The van der Waals surface area contributed by atoms with E-state index in [9.17, 15) is 5.11 Å². The monoisotopic (exact) mass is 355 g/mol. The fourth-order valence-corrected chi connectivity index (χ4v) is 6.50. The predicted octanol–water partition coefficient (Wildman–Crippen LogP) is 6.06. The molecule has 4 bridgehead atoms. The Morgan fingerprint density at radius 3 is 2.07 bits per heavy atom. The van der Waals surface area contributed by atoms with Crippen molar-refractivity contribution >= 4 is 6.08 Å². The van der Waals surface area contributed by atoms with Gasteiger partial charge >= 0.3 is 0 Å². The lowest BCUT2D eigenvalue weighted by atomic mass is 9.48. The van der Waals surface area contributed by atoms with Gasteiger partial charge in [0.2, 0.25) is 0 Å². The molecule has 0 aromatic heterocycles. The van der Waals surface area contributed by atoms with Crippen LogP contribution in [-0.2, 0) is 5.41 Å². The largest absolute Gasteiger partial charge is 0.508 e. The second-order valence-electron chi connectivity index (χ2n) is 9.01. The number of rotatable bonds is 3. The molecular formula is C25H25NO. The summed E-state index contributed by atoms with van der Waals surface area (Å²) in [6, 6.07) is 16.5. The first kappa shape index (κ1) is 16.6. The van der Waals surface area contributed by atoms with Gasteiger partial charge < -0.3 is 5.11 Å². The SMILES string of the molecule is N#C/C=C/c1ccc(-c2ccc(O)c(C34CC5CC(CC(C5)C3)C4)c2)cc1. The molecule has 1 N–H and O–H groups in total. The van der Waals surface area contributed by atoms with Crippen molar-refractivity contribution in [3.8, 4) is 22.9 Å². The van der Waals surface area contributed by atoms with Crippen LogP contribution in [0.15, 0.2) is 48.5 Å². The Hall–Kier alpha value is -2.53. The Labute approximate surface area is 161 Å². The Bertz CT molecular complexity index is 897. The van der Waals surface area contributed by atoms with E-state index < -0.39 is 0 Å². The summed E-state index contributed by atoms with van der Waals surface area (Å²) in [6.07, 6.45) is 11.3. The molecule has 27 heavy (non-hydrogen) atoms. The third-order valence-corrected chi connectivity index (χ3v) is 7.20. The molecule has 2 aromatic carbocycles. The molecule has 2 heteroatoms. The zero-order valence-electron chi connectivity index (χ0n) is 15.6. The molecule has 0 heterocycles. The maximum atomic E-state index is 10.7. The van der Waals surface area contributed by atoms with E-state index in [-0.39, 0.29) is 5.41 Å². The average Bonchev–Trinajstić information content (AvgIpc) is 2.66. The van der Waals surface area contributed by atoms with Gasteiger partial charge in [0.05, 0.1) is 6.07 Å². The summed E-state index contributed by atoms with van der Waals surface area (Å²) in [7, 11) is 0. The molecule has 4 saturated carbocycles. The van der Waals surface area contributed by atoms with Crippen molar-refractivity contribution in [2.45, 2.75) is 43.9 Å². The number of benzene rings is 2. The van der Waals surface area contributed by atoms with Crippen LogP contribution in [0.1, 0.15) is 49.7 Å². The molecule has 0 aliphatic heterocycles. The van der Waals surface area contributed by atoms with Gasteiger partial charge in [-0.1, -0.05) is 30.3 Å². The third kappa shape index (κ3) is 2.86. The Morgan fingerprint density at radius 1 is 0.889 bits per heavy atom. The van der Waals surface area contributed by atoms with Crippen molar-refractivity contribution in [2.24, 2.45) is 17.8 Å². The molecule has 0 amide bonds. The molecule has 136 valence electrons. The van der Waals surface area contributed by atoms with Gasteiger partial charge in [-0.3, -0.25) is 0 Å². The van der Waals surface area contributed by atoms with Crippen LogP contribution >= 0.6 is 0 Å². The van der Waals surface area contributed by atoms with Crippen LogP contribution in [0.3, 0.4) is 0 Å². The van der Waals surface area contributed by atoms with Crippen molar-refractivity contribution in [3.63, 3.8) is 0 Å². The van der Waals surface area contributed by atoms with E-state index in [1.807, 2.05) is 36.4 Å². The van der Waals surface area contributed by atoms with E-state index in [2.05, 4.69) is 18.2 Å². The lowest BCUT2D eigenvalue weighted by Crippen LogP contribution is -2.48. The highest BCUT2D eigenvalue weighted by molar-refractivity contribution is 5.68. The molecule has 2 nitrogen and oxygen atoms in total. The van der Waals surface area contributed by atoms with Crippen LogP contribution < -0.4 is 0 Å². The molecule has 6 rings (SSSR count). The molecular weight excluding hydrogens is 330 g/mol. The van der Waals surface area contributed by atoms with Crippen molar-refractivity contribution in [1.29, 1.82) is 5.26 Å². The minimum absolute atomic E-state index is 0.199. The van der Waals surface area contributed by atoms with E-state index >= 15 is 0 Å². The van der Waals surface area contributed by atoms with Gasteiger partial charge in [-0.05, 0) is 96.6 Å². The summed E-state index contributed by atoms with van der Waals surface area (Å²) in [6.45, 7) is 0. The molecule has 4 aliphatic carbocycles. The fraction of sp³-hybridized carbons (Fsp3) is 0.400. The van der Waals surface area contributed by atoms with Gasteiger partial charge in [0.15, 0.2) is 0 Å². The number of aromatic hydroxyl groups is 1. The Morgan fingerprint density at radius 2 is 1.48 bits per heavy atom. The molecule has 0 atom stereocenters. The van der Waals surface area contributed by atoms with Crippen molar-refractivity contribution in [3.05, 3.63) is 59.7 Å². The minimum atomic E-state index is 0.199. The quantitative estimate of drug-likeness (QED) is 0.680. The minimum Gasteiger partial charge on any atom is -0.508 e. The zero-order chi connectivity index (χ0) is 18.4. The number of phenolic OH excluding ortho intramolecular Hbond substituents is 1. The fourth-order valence-electron chi connectivity index (χ4n) is 6.50. The molecule has 0 radical (unpaired) electrons. The topological polar surface area (TPSA) is 44.0 Å². The lowest BCUT2D eigenvalue weighted by molar-refractivity contribution is -0.00611. The highest BCUT2D eigenvalue weighted by Crippen LogP contribution is 2.62. The Balaban J connectivity index is 1.50. The first-order valence-electron chi connectivity index (χ1n) is 10.2. The normalized spacial score (nSPS) is 31.3. The van der Waals surface area contributed by atoms with Crippen LogP contribution in [0.5, 0.6) is 5.75 Å². The summed E-state index contributed by atoms with van der Waals surface area (Å²) in [5, 5.41) is 19.4. The van der Waals surface area contributed by atoms with E-state index in [1.54, 1.807) is 0 Å². The predicted molar refractivity (Wildman–Crippen MR) is 108 cm³/mol. The van der Waals surface area contributed by atoms with E-state index in [4.69, 9.17) is 5.26 Å². The average molecular weight is 355 g/mol. The lowest BCUT2D eigenvalue weighted by Gasteiger charge is -2.57. The van der Waals surface area contributed by atoms with Gasteiger partial charge in [-0.15, -0.1) is 0 Å². The molecule has 0 spiro atoms. The number of nitrogens with zero attached hydrogens (tertiary/aromatic N) is 1. The highest BCUT2D eigenvalue weighted by atomic mass is 16.3. The Kier molecular flexibility index (Phi) is 3.86. The number of phenols is 1. The van der Waals surface area contributed by atoms with E-state index in [1.165, 1.54) is 55.7 Å². The van der Waals surface area contributed by atoms with Gasteiger partial charge in [0.1, 0.15) is 5.75 Å². The highest BCUT2D eigenvalue weighted by Gasteiger charge is 2.52. The van der Waals surface area contributed by atoms with Crippen molar-refractivity contribution < 1.29 is 5.11 Å². The molecule has 4 aliphatic rings. The summed E-state index contributed by atoms with van der Waals surface area (Å²) >= 11 is 0.